The molecule has 0 amide bonds. The van der Waals surface area contributed by atoms with E-state index in [1.807, 2.05) is 18.2 Å². The molecule has 1 atom stereocenters. The molecule has 0 aliphatic carbocycles. The van der Waals surface area contributed by atoms with Crippen molar-refractivity contribution in [2.45, 2.75) is 12.3 Å². The number of aromatic nitrogens is 3. The molecule has 0 bridgehead atoms. The molecule has 0 fully saturated rings. The van der Waals surface area contributed by atoms with E-state index in [0.29, 0.717) is 12.1 Å². The molecule has 1 aromatic heterocycles. The summed E-state index contributed by atoms with van der Waals surface area (Å²) in [6.45, 7) is 0.816. The molecule has 0 spiro atoms. The molecule has 1 unspecified atom stereocenters. The van der Waals surface area contributed by atoms with Gasteiger partial charge in [-0.2, -0.15) is 0 Å². The number of anilines is 1. The van der Waals surface area contributed by atoms with Crippen molar-refractivity contribution < 1.29 is 4.79 Å². The Morgan fingerprint density at radius 2 is 2.33 bits per heavy atom. The quantitative estimate of drug-likeness (QED) is 0.830. The van der Waals surface area contributed by atoms with Crippen molar-refractivity contribution in [1.82, 2.24) is 15.0 Å². The second-order valence-electron chi connectivity index (χ2n) is 4.54. The standard InChI is InChI=1S/C13H14N4O/c1-17-12(8-15-16-17)13(18)6-9-7-14-11-5-3-2-4-10(9)11/h2-5,8-9,14H,6-7H2,1H3. The Morgan fingerprint density at radius 1 is 1.50 bits per heavy atom. The summed E-state index contributed by atoms with van der Waals surface area (Å²) in [5.41, 5.74) is 2.93. The molecule has 0 radical (unpaired) electrons. The molecule has 1 aromatic carbocycles. The summed E-state index contributed by atoms with van der Waals surface area (Å²) in [6.07, 6.45) is 2.02. The highest BCUT2D eigenvalue weighted by molar-refractivity contribution is 5.95. The molecule has 5 heteroatoms. The number of ketones is 1. The van der Waals surface area contributed by atoms with Gasteiger partial charge in [-0.25, -0.2) is 4.68 Å². The first kappa shape index (κ1) is 11.0. The number of fused-ring (bicyclic) bond motifs is 1. The number of nitrogens with one attached hydrogen (secondary N) is 1. The fourth-order valence-electron chi connectivity index (χ4n) is 2.41. The van der Waals surface area contributed by atoms with E-state index < -0.39 is 0 Å². The zero-order valence-corrected chi connectivity index (χ0v) is 10.1. The van der Waals surface area contributed by atoms with Crippen LogP contribution < -0.4 is 5.32 Å². The normalized spacial score (nSPS) is 17.3. The number of nitrogens with zero attached hydrogens (tertiary/aromatic N) is 3. The Balaban J connectivity index is 1.79. The van der Waals surface area contributed by atoms with Crippen LogP contribution in [0, 0.1) is 0 Å². The van der Waals surface area contributed by atoms with E-state index in [9.17, 15) is 4.79 Å². The first-order valence-electron chi connectivity index (χ1n) is 5.96. The van der Waals surface area contributed by atoms with Gasteiger partial charge in [0.2, 0.25) is 0 Å². The van der Waals surface area contributed by atoms with Crippen LogP contribution in [-0.2, 0) is 7.05 Å². The SMILES string of the molecule is Cn1nncc1C(=O)CC1CNc2ccccc21. The Hall–Kier alpha value is -2.17. The summed E-state index contributed by atoms with van der Waals surface area (Å²) in [7, 11) is 1.74. The Labute approximate surface area is 105 Å². The van der Waals surface area contributed by atoms with E-state index in [1.165, 1.54) is 16.4 Å². The number of hydrogen-bond donors (Lipinski definition) is 1. The molecule has 5 nitrogen and oxygen atoms in total. The first-order chi connectivity index (χ1) is 8.75. The van der Waals surface area contributed by atoms with Crippen LogP contribution >= 0.6 is 0 Å². The zero-order chi connectivity index (χ0) is 12.5. The lowest BCUT2D eigenvalue weighted by atomic mass is 9.95. The van der Waals surface area contributed by atoms with Crippen molar-refractivity contribution in [1.29, 1.82) is 0 Å². The van der Waals surface area contributed by atoms with Crippen LogP contribution in [0.3, 0.4) is 0 Å². The molecule has 92 valence electrons. The van der Waals surface area contributed by atoms with Gasteiger partial charge in [0.05, 0.1) is 6.20 Å². The third-order valence-electron chi connectivity index (χ3n) is 3.37. The number of hydrogen-bond acceptors (Lipinski definition) is 4. The molecule has 1 aliphatic heterocycles. The molecule has 0 saturated heterocycles. The van der Waals surface area contributed by atoms with Crippen LogP contribution in [0.1, 0.15) is 28.4 Å². The van der Waals surface area contributed by atoms with Crippen molar-refractivity contribution >= 4 is 11.5 Å². The molecule has 18 heavy (non-hydrogen) atoms. The van der Waals surface area contributed by atoms with Gasteiger partial charge < -0.3 is 5.32 Å². The first-order valence-corrected chi connectivity index (χ1v) is 5.96. The van der Waals surface area contributed by atoms with Crippen molar-refractivity contribution in [3.05, 3.63) is 41.7 Å². The Morgan fingerprint density at radius 3 is 3.11 bits per heavy atom. The fraction of sp³-hybridized carbons (Fsp3) is 0.308. The van der Waals surface area contributed by atoms with Crippen molar-refractivity contribution in [2.75, 3.05) is 11.9 Å². The van der Waals surface area contributed by atoms with E-state index in [2.05, 4.69) is 21.7 Å². The zero-order valence-electron chi connectivity index (χ0n) is 10.1. The highest BCUT2D eigenvalue weighted by Crippen LogP contribution is 2.33. The van der Waals surface area contributed by atoms with Crippen molar-refractivity contribution in [2.24, 2.45) is 7.05 Å². The smallest absolute Gasteiger partial charge is 0.183 e. The second kappa shape index (κ2) is 4.25. The molecule has 2 aromatic rings. The van der Waals surface area contributed by atoms with Gasteiger partial charge in [0, 0.05) is 31.6 Å². The highest BCUT2D eigenvalue weighted by Gasteiger charge is 2.25. The van der Waals surface area contributed by atoms with Crippen LogP contribution in [0.5, 0.6) is 0 Å². The van der Waals surface area contributed by atoms with E-state index in [4.69, 9.17) is 0 Å². The number of benzene rings is 1. The van der Waals surface area contributed by atoms with Gasteiger partial charge in [-0.05, 0) is 11.6 Å². The minimum Gasteiger partial charge on any atom is -0.384 e. The fourth-order valence-corrected chi connectivity index (χ4v) is 2.41. The van der Waals surface area contributed by atoms with E-state index in [1.54, 1.807) is 7.05 Å². The number of carbonyl (C=O) groups is 1. The summed E-state index contributed by atoms with van der Waals surface area (Å²) in [4.78, 5) is 12.2. The molecule has 0 saturated carbocycles. The number of aryl methyl sites for hydroxylation is 1. The van der Waals surface area contributed by atoms with E-state index in [-0.39, 0.29) is 11.7 Å². The number of rotatable bonds is 3. The number of para-hydroxylation sites is 1. The third-order valence-corrected chi connectivity index (χ3v) is 3.37. The van der Waals surface area contributed by atoms with Gasteiger partial charge in [0.25, 0.3) is 0 Å². The van der Waals surface area contributed by atoms with Crippen LogP contribution in [0.2, 0.25) is 0 Å². The van der Waals surface area contributed by atoms with Crippen LogP contribution in [0.4, 0.5) is 5.69 Å². The van der Waals surface area contributed by atoms with Gasteiger partial charge in [-0.15, -0.1) is 5.10 Å². The summed E-state index contributed by atoms with van der Waals surface area (Å²) in [5.74, 6) is 0.328. The minimum atomic E-state index is 0.0889. The lowest BCUT2D eigenvalue weighted by molar-refractivity contribution is 0.0966. The van der Waals surface area contributed by atoms with Gasteiger partial charge in [0.1, 0.15) is 5.69 Å². The van der Waals surface area contributed by atoms with Crippen LogP contribution in [0.15, 0.2) is 30.5 Å². The molecule has 2 heterocycles. The van der Waals surface area contributed by atoms with Gasteiger partial charge in [-0.1, -0.05) is 23.4 Å². The molecular formula is C13H14N4O. The predicted molar refractivity (Wildman–Crippen MR) is 67.6 cm³/mol. The maximum absolute atomic E-state index is 12.2. The topological polar surface area (TPSA) is 59.8 Å². The van der Waals surface area contributed by atoms with Crippen molar-refractivity contribution in [3.8, 4) is 0 Å². The van der Waals surface area contributed by atoms with Crippen LogP contribution in [0.25, 0.3) is 0 Å². The van der Waals surface area contributed by atoms with Crippen LogP contribution in [-0.4, -0.2) is 27.3 Å². The molecule has 3 rings (SSSR count). The number of carbonyl (C=O) groups excluding carboxylic acids is 1. The Bertz CT molecular complexity index is 590. The second-order valence-corrected chi connectivity index (χ2v) is 4.54. The van der Waals surface area contributed by atoms with Gasteiger partial charge in [-0.3, -0.25) is 4.79 Å². The molecule has 1 aliphatic rings. The maximum Gasteiger partial charge on any atom is 0.183 e. The summed E-state index contributed by atoms with van der Waals surface area (Å²) >= 11 is 0. The summed E-state index contributed by atoms with van der Waals surface area (Å²) in [6, 6.07) is 8.14. The number of Topliss-reactive ketones (excluding diaryl/α,β-unsaturated/α-hetero) is 1. The third kappa shape index (κ3) is 1.77. The Kier molecular flexibility index (Phi) is 2.59. The highest BCUT2D eigenvalue weighted by atomic mass is 16.1. The summed E-state index contributed by atoms with van der Waals surface area (Å²) in [5, 5.41) is 10.9. The average Bonchev–Trinajstić information content (AvgIpc) is 2.97. The molecular weight excluding hydrogens is 228 g/mol. The van der Waals surface area contributed by atoms with E-state index >= 15 is 0 Å². The lowest BCUT2D eigenvalue weighted by Crippen LogP contribution is -2.12. The largest absolute Gasteiger partial charge is 0.384 e. The average molecular weight is 242 g/mol. The van der Waals surface area contributed by atoms with Crippen molar-refractivity contribution in [3.63, 3.8) is 0 Å². The predicted octanol–water partition coefficient (Wildman–Crippen LogP) is 1.60. The van der Waals surface area contributed by atoms with Gasteiger partial charge in [0.15, 0.2) is 5.78 Å². The van der Waals surface area contributed by atoms with Gasteiger partial charge >= 0.3 is 0 Å². The molecule has 1 N–H and O–H groups in total. The minimum absolute atomic E-state index is 0.0889. The monoisotopic (exact) mass is 242 g/mol. The maximum atomic E-state index is 12.2. The lowest BCUT2D eigenvalue weighted by Gasteiger charge is -2.08. The van der Waals surface area contributed by atoms with E-state index in [0.717, 1.165) is 12.2 Å². The summed E-state index contributed by atoms with van der Waals surface area (Å²) < 4.78 is 1.52.